The molecular formula is C11H16N2O4S. The molecule has 1 atom stereocenters. The topological polar surface area (TPSA) is 89.9 Å². The molecule has 0 aliphatic rings. The summed E-state index contributed by atoms with van der Waals surface area (Å²) in [7, 11) is 1.53. The first kappa shape index (κ1) is 14.6. The van der Waals surface area contributed by atoms with Gasteiger partial charge in [0.15, 0.2) is 0 Å². The summed E-state index contributed by atoms with van der Waals surface area (Å²) >= 11 is 1.31. The minimum atomic E-state index is -0.979. The number of aliphatic hydroxyl groups is 2. The number of hydrogen-bond acceptors (Lipinski definition) is 5. The third kappa shape index (κ3) is 4.44. The average Bonchev–Trinajstić information content (AvgIpc) is 2.88. The van der Waals surface area contributed by atoms with Crippen LogP contribution in [0.15, 0.2) is 17.5 Å². The highest BCUT2D eigenvalue weighted by molar-refractivity contribution is 7.12. The minimum Gasteiger partial charge on any atom is -0.394 e. The Kier molecular flexibility index (Phi) is 5.76. The van der Waals surface area contributed by atoms with Crippen molar-refractivity contribution in [3.63, 3.8) is 0 Å². The highest BCUT2D eigenvalue weighted by Gasteiger charge is 2.15. The van der Waals surface area contributed by atoms with E-state index in [1.165, 1.54) is 23.3 Å². The van der Waals surface area contributed by atoms with Gasteiger partial charge in [-0.1, -0.05) is 6.07 Å². The van der Waals surface area contributed by atoms with E-state index >= 15 is 0 Å². The maximum absolute atomic E-state index is 11.8. The van der Waals surface area contributed by atoms with Gasteiger partial charge in [0.2, 0.25) is 5.91 Å². The van der Waals surface area contributed by atoms with Gasteiger partial charge in [0, 0.05) is 13.6 Å². The molecule has 1 heterocycles. The lowest BCUT2D eigenvalue weighted by atomic mass is 10.3. The molecule has 3 N–H and O–H groups in total. The number of nitrogens with zero attached hydrogens (tertiary/aromatic N) is 1. The van der Waals surface area contributed by atoms with E-state index in [-0.39, 0.29) is 24.9 Å². The normalized spacial score (nSPS) is 11.9. The van der Waals surface area contributed by atoms with Gasteiger partial charge in [-0.2, -0.15) is 0 Å². The molecule has 1 unspecified atom stereocenters. The Labute approximate surface area is 109 Å². The van der Waals surface area contributed by atoms with Gasteiger partial charge in [-0.3, -0.25) is 9.59 Å². The SMILES string of the molecule is CN(CC(=O)NCC(O)CO)C(=O)c1cccs1. The first-order chi connectivity index (χ1) is 8.54. The molecule has 1 aromatic heterocycles. The first-order valence-electron chi connectivity index (χ1n) is 5.39. The number of carbonyl (C=O) groups excluding carboxylic acids is 2. The third-order valence-corrected chi connectivity index (χ3v) is 3.06. The molecule has 1 aromatic rings. The van der Waals surface area contributed by atoms with Gasteiger partial charge >= 0.3 is 0 Å². The summed E-state index contributed by atoms with van der Waals surface area (Å²) in [4.78, 5) is 25.1. The zero-order valence-corrected chi connectivity index (χ0v) is 10.8. The van der Waals surface area contributed by atoms with Crippen molar-refractivity contribution in [2.24, 2.45) is 0 Å². The minimum absolute atomic E-state index is 0.0314. The molecule has 0 radical (unpaired) electrons. The summed E-state index contributed by atoms with van der Waals surface area (Å²) in [6.45, 7) is -0.532. The van der Waals surface area contributed by atoms with E-state index in [1.54, 1.807) is 17.5 Å². The quantitative estimate of drug-likeness (QED) is 0.638. The Morgan fingerprint density at radius 2 is 2.28 bits per heavy atom. The van der Waals surface area contributed by atoms with Crippen LogP contribution >= 0.6 is 11.3 Å². The van der Waals surface area contributed by atoms with Crippen LogP contribution in [0.25, 0.3) is 0 Å². The molecule has 0 aromatic carbocycles. The largest absolute Gasteiger partial charge is 0.394 e. The predicted octanol–water partition coefficient (Wildman–Crippen LogP) is -0.710. The van der Waals surface area contributed by atoms with Gasteiger partial charge < -0.3 is 20.4 Å². The lowest BCUT2D eigenvalue weighted by molar-refractivity contribution is -0.122. The fraction of sp³-hybridized carbons (Fsp3) is 0.455. The highest BCUT2D eigenvalue weighted by atomic mass is 32.1. The molecule has 0 aliphatic carbocycles. The maximum atomic E-state index is 11.8. The second kappa shape index (κ2) is 7.10. The lowest BCUT2D eigenvalue weighted by Crippen LogP contribution is -2.41. The Bertz CT molecular complexity index is 394. The van der Waals surface area contributed by atoms with Crippen LogP contribution in [-0.2, 0) is 4.79 Å². The summed E-state index contributed by atoms with van der Waals surface area (Å²) in [5.74, 6) is -0.599. The Morgan fingerprint density at radius 1 is 1.56 bits per heavy atom. The summed E-state index contributed by atoms with van der Waals surface area (Å²) in [5, 5.41) is 21.9. The number of thiophene rings is 1. The van der Waals surface area contributed by atoms with Gasteiger partial charge in [-0.15, -0.1) is 11.3 Å². The summed E-state index contributed by atoms with van der Waals surface area (Å²) in [5.41, 5.74) is 0. The monoisotopic (exact) mass is 272 g/mol. The van der Waals surface area contributed by atoms with Gasteiger partial charge in [0.25, 0.3) is 5.91 Å². The van der Waals surface area contributed by atoms with E-state index in [0.29, 0.717) is 4.88 Å². The predicted molar refractivity (Wildman–Crippen MR) is 67.4 cm³/mol. The van der Waals surface area contributed by atoms with E-state index in [2.05, 4.69) is 5.32 Å². The van der Waals surface area contributed by atoms with Crippen LogP contribution in [0, 0.1) is 0 Å². The standard InChI is InChI=1S/C11H16N2O4S/c1-13(11(17)9-3-2-4-18-9)6-10(16)12-5-8(15)7-14/h2-4,8,14-15H,5-7H2,1H3,(H,12,16). The maximum Gasteiger partial charge on any atom is 0.264 e. The number of hydrogen-bond donors (Lipinski definition) is 3. The van der Waals surface area contributed by atoms with E-state index < -0.39 is 12.7 Å². The number of aliphatic hydroxyl groups excluding tert-OH is 2. The molecule has 2 amide bonds. The second-order valence-electron chi connectivity index (χ2n) is 3.78. The van der Waals surface area contributed by atoms with Gasteiger partial charge in [0.1, 0.15) is 0 Å². The van der Waals surface area contributed by atoms with E-state index in [4.69, 9.17) is 10.2 Å². The number of amides is 2. The fourth-order valence-electron chi connectivity index (χ4n) is 1.23. The van der Waals surface area contributed by atoms with Crippen LogP contribution in [0.1, 0.15) is 9.67 Å². The van der Waals surface area contributed by atoms with Crippen molar-refractivity contribution in [3.05, 3.63) is 22.4 Å². The van der Waals surface area contributed by atoms with Crippen molar-refractivity contribution < 1.29 is 19.8 Å². The van der Waals surface area contributed by atoms with Crippen molar-refractivity contribution in [2.45, 2.75) is 6.10 Å². The lowest BCUT2D eigenvalue weighted by Gasteiger charge is -2.16. The van der Waals surface area contributed by atoms with Crippen molar-refractivity contribution in [2.75, 3.05) is 26.7 Å². The van der Waals surface area contributed by atoms with Crippen molar-refractivity contribution in [3.8, 4) is 0 Å². The van der Waals surface area contributed by atoms with Crippen LogP contribution in [0.5, 0.6) is 0 Å². The van der Waals surface area contributed by atoms with Gasteiger partial charge in [0.05, 0.1) is 24.1 Å². The van der Waals surface area contributed by atoms with E-state index in [0.717, 1.165) is 0 Å². The molecule has 18 heavy (non-hydrogen) atoms. The Morgan fingerprint density at radius 3 is 2.83 bits per heavy atom. The van der Waals surface area contributed by atoms with Crippen LogP contribution in [-0.4, -0.2) is 59.8 Å². The highest BCUT2D eigenvalue weighted by Crippen LogP contribution is 2.10. The zero-order valence-electron chi connectivity index (χ0n) is 10.00. The Hall–Kier alpha value is -1.44. The number of carbonyl (C=O) groups is 2. The Balaban J connectivity index is 2.38. The number of nitrogens with one attached hydrogen (secondary N) is 1. The van der Waals surface area contributed by atoms with Crippen LogP contribution in [0.2, 0.25) is 0 Å². The summed E-state index contributed by atoms with van der Waals surface area (Å²) in [6, 6.07) is 3.46. The summed E-state index contributed by atoms with van der Waals surface area (Å²) in [6.07, 6.45) is -0.979. The van der Waals surface area contributed by atoms with Gasteiger partial charge in [-0.05, 0) is 11.4 Å². The molecule has 7 heteroatoms. The van der Waals surface area contributed by atoms with Crippen LogP contribution in [0.4, 0.5) is 0 Å². The molecule has 0 fully saturated rings. The molecule has 6 nitrogen and oxygen atoms in total. The molecule has 0 spiro atoms. The van der Waals surface area contributed by atoms with E-state index in [1.807, 2.05) is 0 Å². The van der Waals surface area contributed by atoms with Crippen molar-refractivity contribution in [1.29, 1.82) is 0 Å². The average molecular weight is 272 g/mol. The fourth-order valence-corrected chi connectivity index (χ4v) is 1.95. The molecular weight excluding hydrogens is 256 g/mol. The van der Waals surface area contributed by atoms with E-state index in [9.17, 15) is 9.59 Å². The first-order valence-corrected chi connectivity index (χ1v) is 6.27. The number of rotatable bonds is 6. The molecule has 1 rings (SSSR count). The van der Waals surface area contributed by atoms with Crippen molar-refractivity contribution >= 4 is 23.2 Å². The van der Waals surface area contributed by atoms with Crippen LogP contribution in [0.3, 0.4) is 0 Å². The molecule has 100 valence electrons. The van der Waals surface area contributed by atoms with Gasteiger partial charge in [-0.25, -0.2) is 0 Å². The second-order valence-corrected chi connectivity index (χ2v) is 4.73. The molecule has 0 bridgehead atoms. The molecule has 0 aliphatic heterocycles. The van der Waals surface area contributed by atoms with Crippen LogP contribution < -0.4 is 5.32 Å². The molecule has 0 saturated carbocycles. The van der Waals surface area contributed by atoms with Crippen molar-refractivity contribution in [1.82, 2.24) is 10.2 Å². The number of likely N-dealkylation sites (N-methyl/N-ethyl adjacent to an activating group) is 1. The third-order valence-electron chi connectivity index (χ3n) is 2.21. The summed E-state index contributed by atoms with van der Waals surface area (Å²) < 4.78 is 0. The molecule has 0 saturated heterocycles. The smallest absolute Gasteiger partial charge is 0.264 e. The zero-order chi connectivity index (χ0) is 13.5.